The first-order valence-corrected chi connectivity index (χ1v) is 5.81. The average Bonchev–Trinajstić information content (AvgIpc) is 2.42. The number of pyridine rings is 1. The van der Waals surface area contributed by atoms with Crippen LogP contribution in [0.2, 0.25) is 0 Å². The fourth-order valence-electron chi connectivity index (χ4n) is 1.42. The minimum absolute atomic E-state index is 0.0310. The Labute approximate surface area is 106 Å². The maximum atomic E-state index is 11.8. The van der Waals surface area contributed by atoms with Gasteiger partial charge in [0, 0.05) is 12.7 Å². The molecule has 18 heavy (non-hydrogen) atoms. The van der Waals surface area contributed by atoms with Gasteiger partial charge in [-0.2, -0.15) is 0 Å². The highest BCUT2D eigenvalue weighted by molar-refractivity contribution is 5.85. The van der Waals surface area contributed by atoms with Crippen LogP contribution in [0.4, 0.5) is 0 Å². The van der Waals surface area contributed by atoms with E-state index in [1.807, 2.05) is 25.1 Å². The van der Waals surface area contributed by atoms with Crippen molar-refractivity contribution in [3.8, 4) is 0 Å². The Morgan fingerprint density at radius 2 is 2.22 bits per heavy atom. The highest BCUT2D eigenvalue weighted by Gasteiger charge is 2.13. The van der Waals surface area contributed by atoms with Crippen LogP contribution in [0.5, 0.6) is 0 Å². The fourth-order valence-corrected chi connectivity index (χ4v) is 1.42. The summed E-state index contributed by atoms with van der Waals surface area (Å²) in [6, 6.07) is 5.55. The van der Waals surface area contributed by atoms with Crippen molar-refractivity contribution in [3.63, 3.8) is 0 Å². The van der Waals surface area contributed by atoms with Gasteiger partial charge in [0.05, 0.1) is 25.3 Å². The summed E-state index contributed by atoms with van der Waals surface area (Å²) in [6.07, 6.45) is 1.68. The van der Waals surface area contributed by atoms with Gasteiger partial charge < -0.3 is 16.0 Å². The van der Waals surface area contributed by atoms with E-state index in [9.17, 15) is 9.59 Å². The van der Waals surface area contributed by atoms with Crippen LogP contribution >= 0.6 is 0 Å². The Balaban J connectivity index is 2.50. The van der Waals surface area contributed by atoms with E-state index in [1.54, 1.807) is 11.1 Å². The first-order valence-electron chi connectivity index (χ1n) is 5.81. The van der Waals surface area contributed by atoms with Crippen molar-refractivity contribution in [2.45, 2.75) is 13.5 Å². The molecule has 0 aliphatic heterocycles. The van der Waals surface area contributed by atoms with E-state index in [0.717, 1.165) is 5.69 Å². The summed E-state index contributed by atoms with van der Waals surface area (Å²) in [4.78, 5) is 28.6. The molecule has 0 aromatic carbocycles. The van der Waals surface area contributed by atoms with Gasteiger partial charge in [-0.05, 0) is 19.1 Å². The minimum atomic E-state index is -0.336. The summed E-state index contributed by atoms with van der Waals surface area (Å²) >= 11 is 0. The maximum absolute atomic E-state index is 11.8. The second-order valence-electron chi connectivity index (χ2n) is 3.71. The third-order valence-electron chi connectivity index (χ3n) is 2.44. The summed E-state index contributed by atoms with van der Waals surface area (Å²) in [5, 5.41) is 2.46. The predicted octanol–water partition coefficient (Wildman–Crippen LogP) is -0.495. The molecule has 3 N–H and O–H groups in total. The van der Waals surface area contributed by atoms with Crippen LogP contribution in [0.15, 0.2) is 24.4 Å². The van der Waals surface area contributed by atoms with Gasteiger partial charge in [0.25, 0.3) is 0 Å². The van der Waals surface area contributed by atoms with Gasteiger partial charge >= 0.3 is 0 Å². The molecule has 6 heteroatoms. The van der Waals surface area contributed by atoms with Crippen LogP contribution in [-0.4, -0.2) is 41.3 Å². The number of carbonyl (C=O) groups is 2. The summed E-state index contributed by atoms with van der Waals surface area (Å²) < 4.78 is 0. The quantitative estimate of drug-likeness (QED) is 0.712. The van der Waals surface area contributed by atoms with Gasteiger partial charge in [-0.1, -0.05) is 6.07 Å². The molecule has 6 nitrogen and oxygen atoms in total. The molecule has 98 valence electrons. The molecule has 0 aliphatic carbocycles. The zero-order valence-electron chi connectivity index (χ0n) is 10.4. The van der Waals surface area contributed by atoms with Crippen LogP contribution in [0.3, 0.4) is 0 Å². The van der Waals surface area contributed by atoms with Crippen molar-refractivity contribution in [2.24, 2.45) is 5.73 Å². The highest BCUT2D eigenvalue weighted by atomic mass is 16.2. The van der Waals surface area contributed by atoms with Crippen LogP contribution in [0.25, 0.3) is 0 Å². The van der Waals surface area contributed by atoms with E-state index in [2.05, 4.69) is 10.3 Å². The molecule has 1 rings (SSSR count). The number of hydrogen-bond donors (Lipinski definition) is 2. The lowest BCUT2D eigenvalue weighted by molar-refractivity contribution is -0.133. The molecule has 0 spiro atoms. The van der Waals surface area contributed by atoms with Crippen molar-refractivity contribution in [1.29, 1.82) is 0 Å². The SMILES string of the molecule is CCN(Cc1ccccn1)C(=O)CNC(=O)CN. The Bertz CT molecular complexity index is 394. The number of nitrogens with one attached hydrogen (secondary N) is 1. The van der Waals surface area contributed by atoms with Crippen molar-refractivity contribution in [2.75, 3.05) is 19.6 Å². The van der Waals surface area contributed by atoms with Gasteiger partial charge in [0.15, 0.2) is 0 Å². The molecule has 0 saturated heterocycles. The molecule has 2 amide bonds. The van der Waals surface area contributed by atoms with Crippen LogP contribution in [0.1, 0.15) is 12.6 Å². The summed E-state index contributed by atoms with van der Waals surface area (Å²) in [5.74, 6) is -0.484. The standard InChI is InChI=1S/C12H18N4O2/c1-2-16(9-10-5-3-4-6-14-10)12(18)8-15-11(17)7-13/h3-6H,2,7-9,13H2,1H3,(H,15,17). The topological polar surface area (TPSA) is 88.3 Å². The van der Waals surface area contributed by atoms with Crippen LogP contribution in [0, 0.1) is 0 Å². The number of nitrogens with zero attached hydrogens (tertiary/aromatic N) is 2. The normalized spacial score (nSPS) is 9.89. The van der Waals surface area contributed by atoms with E-state index in [-0.39, 0.29) is 24.9 Å². The summed E-state index contributed by atoms with van der Waals surface area (Å²) in [6.45, 7) is 2.74. The monoisotopic (exact) mass is 250 g/mol. The van der Waals surface area contributed by atoms with Crippen molar-refractivity contribution in [3.05, 3.63) is 30.1 Å². The van der Waals surface area contributed by atoms with Crippen LogP contribution < -0.4 is 11.1 Å². The fraction of sp³-hybridized carbons (Fsp3) is 0.417. The third kappa shape index (κ3) is 4.50. The minimum Gasteiger partial charge on any atom is -0.346 e. The summed E-state index contributed by atoms with van der Waals surface area (Å²) in [5.41, 5.74) is 5.96. The maximum Gasteiger partial charge on any atom is 0.242 e. The Morgan fingerprint density at radius 1 is 1.44 bits per heavy atom. The second-order valence-corrected chi connectivity index (χ2v) is 3.71. The van der Waals surface area contributed by atoms with Gasteiger partial charge in [-0.3, -0.25) is 14.6 Å². The Kier molecular flexibility index (Phi) is 5.79. The van der Waals surface area contributed by atoms with E-state index in [0.29, 0.717) is 13.1 Å². The Morgan fingerprint density at radius 3 is 2.78 bits per heavy atom. The number of likely N-dealkylation sites (N-methyl/N-ethyl adjacent to an activating group) is 1. The molecule has 0 atom stereocenters. The van der Waals surface area contributed by atoms with Gasteiger partial charge in [0.1, 0.15) is 0 Å². The molecule has 1 heterocycles. The van der Waals surface area contributed by atoms with Gasteiger partial charge in [-0.15, -0.1) is 0 Å². The zero-order valence-corrected chi connectivity index (χ0v) is 10.4. The average molecular weight is 250 g/mol. The summed E-state index contributed by atoms with van der Waals surface area (Å²) in [7, 11) is 0. The smallest absolute Gasteiger partial charge is 0.242 e. The van der Waals surface area contributed by atoms with E-state index >= 15 is 0 Å². The molecule has 1 aromatic heterocycles. The number of amides is 2. The number of rotatable bonds is 6. The van der Waals surface area contributed by atoms with Crippen LogP contribution in [-0.2, 0) is 16.1 Å². The first kappa shape index (κ1) is 14.1. The molecule has 0 radical (unpaired) electrons. The number of aromatic nitrogens is 1. The lowest BCUT2D eigenvalue weighted by Crippen LogP contribution is -2.41. The lowest BCUT2D eigenvalue weighted by atomic mass is 10.3. The predicted molar refractivity (Wildman–Crippen MR) is 67.4 cm³/mol. The van der Waals surface area contributed by atoms with Crippen molar-refractivity contribution < 1.29 is 9.59 Å². The number of nitrogens with two attached hydrogens (primary N) is 1. The lowest BCUT2D eigenvalue weighted by Gasteiger charge is -2.20. The molecular weight excluding hydrogens is 232 g/mol. The molecule has 0 fully saturated rings. The van der Waals surface area contributed by atoms with Crippen molar-refractivity contribution in [1.82, 2.24) is 15.2 Å². The van der Waals surface area contributed by atoms with E-state index in [1.165, 1.54) is 0 Å². The Hall–Kier alpha value is -1.95. The van der Waals surface area contributed by atoms with Crippen molar-refractivity contribution >= 4 is 11.8 Å². The molecular formula is C12H18N4O2. The highest BCUT2D eigenvalue weighted by Crippen LogP contribution is 2.00. The van der Waals surface area contributed by atoms with Gasteiger partial charge in [0.2, 0.25) is 11.8 Å². The number of hydrogen-bond acceptors (Lipinski definition) is 4. The molecule has 0 aliphatic rings. The van der Waals surface area contributed by atoms with E-state index in [4.69, 9.17) is 5.73 Å². The molecule has 0 bridgehead atoms. The van der Waals surface area contributed by atoms with Gasteiger partial charge in [-0.25, -0.2) is 0 Å². The first-order chi connectivity index (χ1) is 8.67. The largest absolute Gasteiger partial charge is 0.346 e. The second kappa shape index (κ2) is 7.39. The van der Waals surface area contributed by atoms with E-state index < -0.39 is 0 Å². The third-order valence-corrected chi connectivity index (χ3v) is 2.44. The number of carbonyl (C=O) groups excluding carboxylic acids is 2. The molecule has 0 saturated carbocycles. The molecule has 1 aromatic rings. The zero-order chi connectivity index (χ0) is 13.4. The molecule has 0 unspecified atom stereocenters.